The van der Waals surface area contributed by atoms with Crippen molar-refractivity contribution < 1.29 is 9.59 Å². The van der Waals surface area contributed by atoms with E-state index in [0.717, 1.165) is 18.8 Å². The van der Waals surface area contributed by atoms with Crippen LogP contribution in [0.5, 0.6) is 0 Å². The summed E-state index contributed by atoms with van der Waals surface area (Å²) in [7, 11) is 1.99. The van der Waals surface area contributed by atoms with Crippen LogP contribution in [0.3, 0.4) is 0 Å². The van der Waals surface area contributed by atoms with Crippen molar-refractivity contribution in [3.63, 3.8) is 0 Å². The lowest BCUT2D eigenvalue weighted by Crippen LogP contribution is -2.50. The van der Waals surface area contributed by atoms with Gasteiger partial charge in [-0.3, -0.25) is 14.6 Å². The average molecular weight is 367 g/mol. The number of carbonyl (C=O) groups excluding carboxylic acids is 2. The van der Waals surface area contributed by atoms with Gasteiger partial charge in [-0.05, 0) is 36.2 Å². The third-order valence-corrected chi connectivity index (χ3v) is 4.88. The number of aromatic nitrogens is 2. The van der Waals surface area contributed by atoms with E-state index < -0.39 is 0 Å². The van der Waals surface area contributed by atoms with Crippen LogP contribution in [0.1, 0.15) is 22.8 Å². The maximum Gasteiger partial charge on any atom is 0.255 e. The van der Waals surface area contributed by atoms with E-state index in [1.54, 1.807) is 35.3 Å². The molecular weight excluding hydrogens is 342 g/mol. The molecule has 1 aliphatic heterocycles. The van der Waals surface area contributed by atoms with Crippen molar-refractivity contribution in [1.82, 2.24) is 19.8 Å². The van der Waals surface area contributed by atoms with Gasteiger partial charge in [0.15, 0.2) is 0 Å². The van der Waals surface area contributed by atoms with Gasteiger partial charge in [-0.15, -0.1) is 0 Å². The molecule has 0 aromatic carbocycles. The van der Waals surface area contributed by atoms with Crippen molar-refractivity contribution in [2.24, 2.45) is 0 Å². The molecule has 7 heteroatoms. The Morgan fingerprint density at radius 2 is 1.70 bits per heavy atom. The summed E-state index contributed by atoms with van der Waals surface area (Å²) in [4.78, 5) is 38.1. The first-order valence-electron chi connectivity index (χ1n) is 9.15. The van der Waals surface area contributed by atoms with E-state index in [2.05, 4.69) is 14.9 Å². The molecule has 0 aliphatic carbocycles. The Balaban J connectivity index is 1.55. The van der Waals surface area contributed by atoms with Crippen molar-refractivity contribution >= 4 is 17.6 Å². The van der Waals surface area contributed by atoms with Crippen LogP contribution in [0.2, 0.25) is 0 Å². The summed E-state index contributed by atoms with van der Waals surface area (Å²) >= 11 is 0. The quantitative estimate of drug-likeness (QED) is 0.800. The van der Waals surface area contributed by atoms with Crippen molar-refractivity contribution in [1.29, 1.82) is 0 Å². The molecule has 0 N–H and O–H groups in total. The first-order chi connectivity index (χ1) is 13.0. The minimum Gasteiger partial charge on any atom is -0.359 e. The van der Waals surface area contributed by atoms with Crippen molar-refractivity contribution in [3.8, 4) is 0 Å². The molecule has 142 valence electrons. The zero-order valence-electron chi connectivity index (χ0n) is 15.8. The fraction of sp³-hybridized carbons (Fsp3) is 0.400. The van der Waals surface area contributed by atoms with E-state index >= 15 is 0 Å². The third kappa shape index (κ3) is 4.81. The number of rotatable bonds is 5. The molecule has 0 saturated carbocycles. The maximum atomic E-state index is 12.6. The maximum absolute atomic E-state index is 12.6. The second-order valence-electron chi connectivity index (χ2n) is 6.73. The Morgan fingerprint density at radius 3 is 2.30 bits per heavy atom. The van der Waals surface area contributed by atoms with Gasteiger partial charge >= 0.3 is 0 Å². The molecule has 2 amide bonds. The lowest BCUT2D eigenvalue weighted by atomic mass is 10.2. The van der Waals surface area contributed by atoms with Crippen LogP contribution in [0.15, 0.2) is 42.9 Å². The number of nitrogens with zero attached hydrogens (tertiary/aromatic N) is 5. The first kappa shape index (κ1) is 18.8. The van der Waals surface area contributed by atoms with Crippen molar-refractivity contribution in [2.75, 3.05) is 44.7 Å². The summed E-state index contributed by atoms with van der Waals surface area (Å²) in [5.41, 5.74) is 1.81. The van der Waals surface area contributed by atoms with E-state index in [4.69, 9.17) is 0 Å². The molecule has 3 heterocycles. The Kier molecular flexibility index (Phi) is 6.01. The molecular formula is C20H25N5O2. The molecule has 0 bridgehead atoms. The molecule has 3 rings (SSSR count). The van der Waals surface area contributed by atoms with E-state index in [1.807, 2.05) is 31.3 Å². The Morgan fingerprint density at radius 1 is 1.04 bits per heavy atom. The monoisotopic (exact) mass is 367 g/mol. The number of piperazine rings is 1. The highest BCUT2D eigenvalue weighted by atomic mass is 16.2. The zero-order valence-corrected chi connectivity index (χ0v) is 15.8. The highest BCUT2D eigenvalue weighted by molar-refractivity contribution is 5.94. The van der Waals surface area contributed by atoms with E-state index in [9.17, 15) is 9.59 Å². The summed E-state index contributed by atoms with van der Waals surface area (Å²) in [6, 6.07) is 7.72. The van der Waals surface area contributed by atoms with Crippen molar-refractivity contribution in [2.45, 2.75) is 13.3 Å². The molecule has 2 aromatic heterocycles. The Labute approximate surface area is 159 Å². The highest BCUT2D eigenvalue weighted by Gasteiger charge is 2.23. The standard InChI is InChI=1S/C20H25N5O2/c1-16(26)24-11-13-25(14-12-24)20(27)18-3-4-19(22-15-18)23(2)10-7-17-5-8-21-9-6-17/h3-6,8-9,15H,7,10-14H2,1-2H3. The molecule has 27 heavy (non-hydrogen) atoms. The number of pyridine rings is 2. The van der Waals surface area contributed by atoms with Crippen LogP contribution < -0.4 is 4.90 Å². The van der Waals surface area contributed by atoms with Crippen LogP contribution in [0.4, 0.5) is 5.82 Å². The van der Waals surface area contributed by atoms with Gasteiger partial charge in [0.1, 0.15) is 5.82 Å². The van der Waals surface area contributed by atoms with Gasteiger partial charge in [-0.1, -0.05) is 0 Å². The van der Waals surface area contributed by atoms with Crippen LogP contribution in [-0.2, 0) is 11.2 Å². The van der Waals surface area contributed by atoms with Crippen LogP contribution in [0.25, 0.3) is 0 Å². The van der Waals surface area contributed by atoms with Gasteiger partial charge in [0.25, 0.3) is 5.91 Å². The number of carbonyl (C=O) groups is 2. The third-order valence-electron chi connectivity index (χ3n) is 4.88. The highest BCUT2D eigenvalue weighted by Crippen LogP contribution is 2.13. The largest absolute Gasteiger partial charge is 0.359 e. The van der Waals surface area contributed by atoms with Crippen molar-refractivity contribution in [3.05, 3.63) is 54.0 Å². The second-order valence-corrected chi connectivity index (χ2v) is 6.73. The Bertz CT molecular complexity index is 771. The number of amides is 2. The van der Waals surface area contributed by atoms with Gasteiger partial charge in [0.2, 0.25) is 5.91 Å². The second kappa shape index (κ2) is 8.62. The fourth-order valence-electron chi connectivity index (χ4n) is 3.11. The average Bonchev–Trinajstić information content (AvgIpc) is 2.72. The van der Waals surface area contributed by atoms with Gasteiger partial charge in [-0.2, -0.15) is 0 Å². The number of hydrogen-bond acceptors (Lipinski definition) is 5. The van der Waals surface area contributed by atoms with Crippen LogP contribution in [0, 0.1) is 0 Å². The summed E-state index contributed by atoms with van der Waals surface area (Å²) < 4.78 is 0. The smallest absolute Gasteiger partial charge is 0.255 e. The van der Waals surface area contributed by atoms with E-state index in [0.29, 0.717) is 31.7 Å². The summed E-state index contributed by atoms with van der Waals surface area (Å²) in [5.74, 6) is 0.863. The van der Waals surface area contributed by atoms with E-state index in [1.165, 1.54) is 5.56 Å². The topological polar surface area (TPSA) is 69.6 Å². The SMILES string of the molecule is CC(=O)N1CCN(C(=O)c2ccc(N(C)CCc3ccncc3)nc2)CC1. The van der Waals surface area contributed by atoms with E-state index in [-0.39, 0.29) is 11.8 Å². The molecule has 7 nitrogen and oxygen atoms in total. The lowest BCUT2D eigenvalue weighted by molar-refractivity contribution is -0.130. The minimum atomic E-state index is -0.0308. The molecule has 0 atom stereocenters. The summed E-state index contributed by atoms with van der Waals surface area (Å²) in [6.07, 6.45) is 6.13. The van der Waals surface area contributed by atoms with Gasteiger partial charge in [0.05, 0.1) is 5.56 Å². The Hall–Kier alpha value is -2.96. The molecule has 0 radical (unpaired) electrons. The summed E-state index contributed by atoms with van der Waals surface area (Å²) in [6.45, 7) is 4.69. The van der Waals surface area contributed by atoms with Gasteiger partial charge in [-0.25, -0.2) is 4.98 Å². The molecule has 1 saturated heterocycles. The molecule has 0 spiro atoms. The van der Waals surface area contributed by atoms with Gasteiger partial charge < -0.3 is 14.7 Å². The van der Waals surface area contributed by atoms with Crippen LogP contribution >= 0.6 is 0 Å². The molecule has 2 aromatic rings. The predicted octanol–water partition coefficient (Wildman–Crippen LogP) is 1.46. The molecule has 1 fully saturated rings. The summed E-state index contributed by atoms with van der Waals surface area (Å²) in [5, 5.41) is 0. The lowest BCUT2D eigenvalue weighted by Gasteiger charge is -2.34. The minimum absolute atomic E-state index is 0.0308. The number of likely N-dealkylation sites (N-methyl/N-ethyl adjacent to an activating group) is 1. The number of anilines is 1. The fourth-order valence-corrected chi connectivity index (χ4v) is 3.11. The zero-order chi connectivity index (χ0) is 19.2. The predicted molar refractivity (Wildman–Crippen MR) is 104 cm³/mol. The molecule has 0 unspecified atom stereocenters. The van der Waals surface area contributed by atoms with Crippen LogP contribution in [-0.4, -0.2) is 71.4 Å². The number of hydrogen-bond donors (Lipinski definition) is 0. The molecule has 1 aliphatic rings. The normalized spacial score (nSPS) is 14.1. The van der Waals surface area contributed by atoms with Gasteiger partial charge in [0, 0.05) is 65.3 Å². The first-order valence-corrected chi connectivity index (χ1v) is 9.15.